The monoisotopic (exact) mass is 238 g/mol. The zero-order chi connectivity index (χ0) is 13.7. The second kappa shape index (κ2) is 13.1. The first-order valence-corrected chi connectivity index (χ1v) is 7.00. The molecule has 0 aromatic heterocycles. The first-order valence-electron chi connectivity index (χ1n) is 7.00. The minimum absolute atomic E-state index is 0.744. The predicted octanol–water partition coefficient (Wildman–Crippen LogP) is 5.40. The van der Waals surface area contributed by atoms with Gasteiger partial charge in [0.1, 0.15) is 5.75 Å². The van der Waals surface area contributed by atoms with Crippen LogP contribution in [0.1, 0.15) is 59.1 Å². The van der Waals surface area contributed by atoms with Gasteiger partial charge in [-0.2, -0.15) is 0 Å². The van der Waals surface area contributed by atoms with Gasteiger partial charge in [0.2, 0.25) is 0 Å². The molecular weight excluding hydrogens is 208 g/mol. The minimum Gasteiger partial charge on any atom is -0.494 e. The van der Waals surface area contributed by atoms with Crippen LogP contribution in [0.4, 0.5) is 0 Å². The van der Waals surface area contributed by atoms with Gasteiger partial charge in [-0.3, -0.25) is 0 Å². The van der Waals surface area contributed by atoms with Crippen molar-refractivity contribution >= 4 is 0 Å². The smallest absolute Gasteiger partial charge is 0.122 e. The van der Waals surface area contributed by atoms with Crippen LogP contribution in [0.25, 0.3) is 0 Å². The Morgan fingerprint density at radius 2 is 1.59 bits per heavy atom. The molecule has 0 saturated heterocycles. The van der Waals surface area contributed by atoms with Gasteiger partial charge in [-0.15, -0.1) is 0 Å². The Balaban J connectivity index is 0. The van der Waals surface area contributed by atoms with Crippen LogP contribution in [0.5, 0.6) is 5.75 Å². The van der Waals surface area contributed by atoms with Crippen LogP contribution in [0.2, 0.25) is 0 Å². The summed E-state index contributed by atoms with van der Waals surface area (Å²) in [6.07, 6.45) is 2.36. The van der Waals surface area contributed by atoms with Gasteiger partial charge in [0.05, 0.1) is 6.61 Å². The Kier molecular flexibility index (Phi) is 14.2. The van der Waals surface area contributed by atoms with E-state index in [0.717, 1.165) is 18.8 Å². The zero-order valence-corrected chi connectivity index (χ0v) is 12.8. The number of benzene rings is 1. The second-order valence-electron chi connectivity index (χ2n) is 3.28. The normalized spacial score (nSPS) is 8.41. The van der Waals surface area contributed by atoms with E-state index in [2.05, 4.69) is 32.0 Å². The average molecular weight is 238 g/mol. The lowest BCUT2D eigenvalue weighted by Gasteiger charge is -2.08. The van der Waals surface area contributed by atoms with Crippen molar-refractivity contribution < 1.29 is 4.74 Å². The van der Waals surface area contributed by atoms with E-state index in [1.165, 1.54) is 17.5 Å². The minimum atomic E-state index is 0.744. The van der Waals surface area contributed by atoms with Crippen molar-refractivity contribution in [3.63, 3.8) is 0 Å². The lowest BCUT2D eigenvalue weighted by molar-refractivity contribution is 0.338. The highest BCUT2D eigenvalue weighted by molar-refractivity contribution is 5.36. The molecule has 1 aromatic rings. The molecule has 1 nitrogen and oxygen atoms in total. The lowest BCUT2D eigenvalue weighted by atomic mass is 10.1. The fraction of sp³-hybridized carbons (Fsp3) is 0.625. The molecule has 0 spiro atoms. The molecule has 0 heterocycles. The van der Waals surface area contributed by atoms with Crippen LogP contribution < -0.4 is 4.74 Å². The van der Waals surface area contributed by atoms with E-state index < -0.39 is 0 Å². The summed E-state index contributed by atoms with van der Waals surface area (Å²) in [4.78, 5) is 0. The van der Waals surface area contributed by atoms with Gasteiger partial charge in [-0.05, 0) is 37.5 Å². The summed E-state index contributed by atoms with van der Waals surface area (Å²) in [6.45, 7) is 15.1. The van der Waals surface area contributed by atoms with Crippen molar-refractivity contribution in [2.45, 2.75) is 61.3 Å². The number of aryl methyl sites for hydroxylation is 2. The molecule has 0 amide bonds. The number of rotatable bonds is 4. The van der Waals surface area contributed by atoms with E-state index in [1.54, 1.807) is 0 Å². The topological polar surface area (TPSA) is 9.23 Å². The SMILES string of the molecule is CC.CC.CCCc1ccc(OCC)c(C)c1. The molecule has 0 aliphatic carbocycles. The van der Waals surface area contributed by atoms with Gasteiger partial charge in [0.15, 0.2) is 0 Å². The molecule has 17 heavy (non-hydrogen) atoms. The van der Waals surface area contributed by atoms with Crippen molar-refractivity contribution in [3.05, 3.63) is 29.3 Å². The van der Waals surface area contributed by atoms with E-state index in [0.29, 0.717) is 0 Å². The maximum absolute atomic E-state index is 5.47. The highest BCUT2D eigenvalue weighted by Crippen LogP contribution is 2.19. The highest BCUT2D eigenvalue weighted by atomic mass is 16.5. The number of hydrogen-bond donors (Lipinski definition) is 0. The third-order valence-electron chi connectivity index (χ3n) is 2.08. The molecule has 1 aromatic carbocycles. The summed E-state index contributed by atoms with van der Waals surface area (Å²) in [7, 11) is 0. The molecule has 1 heteroatoms. The van der Waals surface area contributed by atoms with Gasteiger partial charge in [0.25, 0.3) is 0 Å². The first kappa shape index (κ1) is 18.4. The van der Waals surface area contributed by atoms with E-state index in [9.17, 15) is 0 Å². The molecular formula is C16H30O. The molecule has 0 aliphatic rings. The van der Waals surface area contributed by atoms with Gasteiger partial charge in [0, 0.05) is 0 Å². The zero-order valence-electron chi connectivity index (χ0n) is 12.8. The summed E-state index contributed by atoms with van der Waals surface area (Å²) in [5, 5.41) is 0. The van der Waals surface area contributed by atoms with Gasteiger partial charge < -0.3 is 4.74 Å². The maximum Gasteiger partial charge on any atom is 0.122 e. The van der Waals surface area contributed by atoms with E-state index >= 15 is 0 Å². The number of hydrogen-bond acceptors (Lipinski definition) is 1. The summed E-state index contributed by atoms with van der Waals surface area (Å²) in [5.41, 5.74) is 2.65. The first-order chi connectivity index (χ1) is 8.27. The van der Waals surface area contributed by atoms with Crippen molar-refractivity contribution in [1.82, 2.24) is 0 Å². The van der Waals surface area contributed by atoms with E-state index in [4.69, 9.17) is 4.74 Å². The molecule has 0 aliphatic heterocycles. The summed E-state index contributed by atoms with van der Waals surface area (Å²) >= 11 is 0. The standard InChI is InChI=1S/C12H18O.2C2H6/c1-4-6-11-7-8-12(13-5-2)10(3)9-11;2*1-2/h7-9H,4-6H2,1-3H3;2*1-2H3. The Morgan fingerprint density at radius 3 is 2.00 bits per heavy atom. The van der Waals surface area contributed by atoms with E-state index in [1.807, 2.05) is 34.6 Å². The largest absolute Gasteiger partial charge is 0.494 e. The third kappa shape index (κ3) is 7.84. The van der Waals surface area contributed by atoms with Crippen molar-refractivity contribution in [3.8, 4) is 5.75 Å². The molecule has 0 fully saturated rings. The maximum atomic E-state index is 5.47. The molecule has 0 bridgehead atoms. The molecule has 0 N–H and O–H groups in total. The molecule has 0 atom stereocenters. The fourth-order valence-electron chi connectivity index (χ4n) is 1.47. The van der Waals surface area contributed by atoms with E-state index in [-0.39, 0.29) is 0 Å². The lowest BCUT2D eigenvalue weighted by Crippen LogP contribution is -1.94. The van der Waals surface area contributed by atoms with Crippen molar-refractivity contribution in [2.75, 3.05) is 6.61 Å². The van der Waals surface area contributed by atoms with Crippen LogP contribution in [0.3, 0.4) is 0 Å². The average Bonchev–Trinajstić information content (AvgIpc) is 2.38. The van der Waals surface area contributed by atoms with Crippen LogP contribution in [-0.4, -0.2) is 6.61 Å². The van der Waals surface area contributed by atoms with Crippen molar-refractivity contribution in [2.24, 2.45) is 0 Å². The highest BCUT2D eigenvalue weighted by Gasteiger charge is 1.99. The Bertz CT molecular complexity index is 266. The summed E-state index contributed by atoms with van der Waals surface area (Å²) < 4.78 is 5.47. The Morgan fingerprint density at radius 1 is 1.00 bits per heavy atom. The molecule has 0 radical (unpaired) electrons. The predicted molar refractivity (Wildman–Crippen MR) is 79.0 cm³/mol. The Labute approximate surface area is 108 Å². The van der Waals surface area contributed by atoms with Crippen LogP contribution in [-0.2, 0) is 6.42 Å². The van der Waals surface area contributed by atoms with Gasteiger partial charge in [-0.25, -0.2) is 0 Å². The van der Waals surface area contributed by atoms with Crippen LogP contribution in [0, 0.1) is 6.92 Å². The van der Waals surface area contributed by atoms with Crippen molar-refractivity contribution in [1.29, 1.82) is 0 Å². The summed E-state index contributed by atoms with van der Waals surface area (Å²) in [6, 6.07) is 6.44. The van der Waals surface area contributed by atoms with Crippen LogP contribution >= 0.6 is 0 Å². The molecule has 100 valence electrons. The van der Waals surface area contributed by atoms with Gasteiger partial charge >= 0.3 is 0 Å². The third-order valence-corrected chi connectivity index (χ3v) is 2.08. The van der Waals surface area contributed by atoms with Crippen LogP contribution in [0.15, 0.2) is 18.2 Å². The number of ether oxygens (including phenoxy) is 1. The quantitative estimate of drug-likeness (QED) is 0.682. The summed E-state index contributed by atoms with van der Waals surface area (Å²) in [5.74, 6) is 1.02. The molecule has 1 rings (SSSR count). The van der Waals surface area contributed by atoms with Gasteiger partial charge in [-0.1, -0.05) is 53.2 Å². The molecule has 0 unspecified atom stereocenters. The molecule has 0 saturated carbocycles. The Hall–Kier alpha value is -0.980. The second-order valence-corrected chi connectivity index (χ2v) is 3.28. The fourth-order valence-corrected chi connectivity index (χ4v) is 1.47.